The summed E-state index contributed by atoms with van der Waals surface area (Å²) in [4.78, 5) is 10.5. The van der Waals surface area contributed by atoms with Crippen LogP contribution in [-0.4, -0.2) is 19.2 Å². The Labute approximate surface area is 95.4 Å². The Morgan fingerprint density at radius 3 is 3.00 bits per heavy atom. The maximum absolute atomic E-state index is 10.5. The number of carbonyl (C=O) groups is 1. The number of para-hydroxylation sites is 1. The van der Waals surface area contributed by atoms with Gasteiger partial charge in [0.2, 0.25) is 0 Å². The Balaban J connectivity index is 2.04. The summed E-state index contributed by atoms with van der Waals surface area (Å²) in [5.41, 5.74) is 0.923. The second kappa shape index (κ2) is 5.66. The van der Waals surface area contributed by atoms with Gasteiger partial charge in [0, 0.05) is 18.4 Å². The number of aldehydes is 1. The van der Waals surface area contributed by atoms with Crippen molar-refractivity contribution in [1.82, 2.24) is 0 Å². The zero-order valence-corrected chi connectivity index (χ0v) is 9.22. The lowest BCUT2D eigenvalue weighted by Crippen LogP contribution is -2.25. The van der Waals surface area contributed by atoms with E-state index in [0.717, 1.165) is 43.5 Å². The van der Waals surface area contributed by atoms with Crippen LogP contribution < -0.4 is 4.74 Å². The van der Waals surface area contributed by atoms with Crippen LogP contribution in [0.1, 0.15) is 24.8 Å². The van der Waals surface area contributed by atoms with Crippen LogP contribution in [0.4, 0.5) is 0 Å². The lowest BCUT2D eigenvalue weighted by Gasteiger charge is -2.24. The summed E-state index contributed by atoms with van der Waals surface area (Å²) in [6, 6.07) is 7.61. The lowest BCUT2D eigenvalue weighted by molar-refractivity contribution is -0.109. The van der Waals surface area contributed by atoms with Crippen molar-refractivity contribution in [2.45, 2.75) is 32.0 Å². The largest absolute Gasteiger partial charge is 0.465 e. The summed E-state index contributed by atoms with van der Waals surface area (Å²) in [5.74, 6) is 0.765. The second-order valence-corrected chi connectivity index (χ2v) is 3.89. The van der Waals surface area contributed by atoms with E-state index in [1.54, 1.807) is 0 Å². The number of rotatable bonds is 4. The molecular formula is C13H16O3. The minimum atomic E-state index is -0.151. The number of hydrogen-bond donors (Lipinski definition) is 0. The van der Waals surface area contributed by atoms with Gasteiger partial charge in [-0.05, 0) is 18.9 Å². The van der Waals surface area contributed by atoms with Crippen LogP contribution in [-0.2, 0) is 16.0 Å². The highest BCUT2D eigenvalue weighted by Gasteiger charge is 2.16. The van der Waals surface area contributed by atoms with Crippen LogP contribution in [0.5, 0.6) is 5.75 Å². The second-order valence-electron chi connectivity index (χ2n) is 3.89. The van der Waals surface area contributed by atoms with Gasteiger partial charge in [0.05, 0.1) is 6.61 Å². The summed E-state index contributed by atoms with van der Waals surface area (Å²) in [6.45, 7) is 0.764. The molecule has 1 aliphatic heterocycles. The first-order valence-electron chi connectivity index (χ1n) is 5.70. The predicted molar refractivity (Wildman–Crippen MR) is 60.4 cm³/mol. The Bertz CT molecular complexity index is 343. The lowest BCUT2D eigenvalue weighted by atomic mass is 10.1. The van der Waals surface area contributed by atoms with Crippen molar-refractivity contribution in [2.75, 3.05) is 6.61 Å². The molecule has 0 aromatic heterocycles. The van der Waals surface area contributed by atoms with Gasteiger partial charge in [-0.3, -0.25) is 0 Å². The fraction of sp³-hybridized carbons (Fsp3) is 0.462. The zero-order valence-electron chi connectivity index (χ0n) is 9.22. The summed E-state index contributed by atoms with van der Waals surface area (Å²) in [6.07, 6.45) is 4.31. The van der Waals surface area contributed by atoms with E-state index in [1.807, 2.05) is 24.3 Å². The highest BCUT2D eigenvalue weighted by molar-refractivity contribution is 5.57. The van der Waals surface area contributed by atoms with E-state index in [1.165, 1.54) is 0 Å². The van der Waals surface area contributed by atoms with Gasteiger partial charge in [-0.2, -0.15) is 0 Å². The molecule has 1 saturated heterocycles. The highest BCUT2D eigenvalue weighted by atomic mass is 16.7. The summed E-state index contributed by atoms with van der Waals surface area (Å²) in [7, 11) is 0. The normalized spacial score (nSPS) is 20.4. The van der Waals surface area contributed by atoms with Gasteiger partial charge >= 0.3 is 0 Å². The van der Waals surface area contributed by atoms with Gasteiger partial charge in [0.25, 0.3) is 0 Å². The quantitative estimate of drug-likeness (QED) is 0.730. The molecule has 1 heterocycles. The Morgan fingerprint density at radius 1 is 1.38 bits per heavy atom. The third-order valence-electron chi connectivity index (χ3n) is 2.67. The Hall–Kier alpha value is -1.35. The third kappa shape index (κ3) is 2.83. The minimum absolute atomic E-state index is 0.151. The van der Waals surface area contributed by atoms with E-state index >= 15 is 0 Å². The average Bonchev–Trinajstić information content (AvgIpc) is 2.33. The molecule has 1 aromatic rings. The number of hydrogen-bond acceptors (Lipinski definition) is 3. The molecule has 1 aromatic carbocycles. The topological polar surface area (TPSA) is 35.5 Å². The molecule has 0 bridgehead atoms. The first kappa shape index (κ1) is 11.1. The number of benzene rings is 1. The smallest absolute Gasteiger partial charge is 0.199 e. The van der Waals surface area contributed by atoms with E-state index in [9.17, 15) is 4.79 Å². The van der Waals surface area contributed by atoms with Gasteiger partial charge in [-0.1, -0.05) is 18.2 Å². The van der Waals surface area contributed by atoms with E-state index in [-0.39, 0.29) is 6.29 Å². The molecule has 0 aliphatic carbocycles. The van der Waals surface area contributed by atoms with Crippen molar-refractivity contribution in [3.05, 3.63) is 29.8 Å². The highest BCUT2D eigenvalue weighted by Crippen LogP contribution is 2.23. The number of carbonyl (C=O) groups excluding carboxylic acids is 1. The fourth-order valence-corrected chi connectivity index (χ4v) is 1.82. The van der Waals surface area contributed by atoms with Gasteiger partial charge in [0.15, 0.2) is 6.29 Å². The molecule has 0 N–H and O–H groups in total. The van der Waals surface area contributed by atoms with Crippen LogP contribution in [0.15, 0.2) is 24.3 Å². The molecule has 0 saturated carbocycles. The Morgan fingerprint density at radius 2 is 2.25 bits per heavy atom. The molecule has 1 atom stereocenters. The fourth-order valence-electron chi connectivity index (χ4n) is 1.82. The maximum Gasteiger partial charge on any atom is 0.199 e. The van der Waals surface area contributed by atoms with Gasteiger partial charge < -0.3 is 14.3 Å². The maximum atomic E-state index is 10.5. The van der Waals surface area contributed by atoms with Gasteiger partial charge in [-0.15, -0.1) is 0 Å². The van der Waals surface area contributed by atoms with Crippen LogP contribution in [0.2, 0.25) is 0 Å². The molecule has 16 heavy (non-hydrogen) atoms. The van der Waals surface area contributed by atoms with Crippen LogP contribution in [0.25, 0.3) is 0 Å². The summed E-state index contributed by atoms with van der Waals surface area (Å²) in [5, 5.41) is 0. The molecule has 3 heteroatoms. The molecular weight excluding hydrogens is 204 g/mol. The molecule has 1 aliphatic rings. The van der Waals surface area contributed by atoms with Gasteiger partial charge in [0.1, 0.15) is 12.0 Å². The first-order valence-corrected chi connectivity index (χ1v) is 5.70. The molecule has 3 nitrogen and oxygen atoms in total. The van der Waals surface area contributed by atoms with Crippen molar-refractivity contribution in [1.29, 1.82) is 0 Å². The van der Waals surface area contributed by atoms with Crippen molar-refractivity contribution < 1.29 is 14.3 Å². The monoisotopic (exact) mass is 220 g/mol. The first-order chi connectivity index (χ1) is 7.90. The molecule has 2 rings (SSSR count). The third-order valence-corrected chi connectivity index (χ3v) is 2.67. The van der Waals surface area contributed by atoms with E-state index in [4.69, 9.17) is 9.47 Å². The molecule has 0 spiro atoms. The van der Waals surface area contributed by atoms with E-state index < -0.39 is 0 Å². The average molecular weight is 220 g/mol. The van der Waals surface area contributed by atoms with E-state index in [2.05, 4.69) is 0 Å². The van der Waals surface area contributed by atoms with E-state index in [0.29, 0.717) is 6.42 Å². The minimum Gasteiger partial charge on any atom is -0.465 e. The molecule has 86 valence electrons. The van der Waals surface area contributed by atoms with Crippen molar-refractivity contribution in [3.63, 3.8) is 0 Å². The van der Waals surface area contributed by atoms with Gasteiger partial charge in [-0.25, -0.2) is 0 Å². The van der Waals surface area contributed by atoms with Crippen molar-refractivity contribution in [2.24, 2.45) is 0 Å². The standard InChI is InChI=1S/C13H16O3/c14-9-8-11-5-1-2-6-12(11)16-13-7-3-4-10-15-13/h1-2,5-6,9,13H,3-4,7-8,10H2. The van der Waals surface area contributed by atoms with Crippen LogP contribution in [0.3, 0.4) is 0 Å². The van der Waals surface area contributed by atoms with Crippen LogP contribution >= 0.6 is 0 Å². The number of ether oxygens (including phenoxy) is 2. The molecule has 0 amide bonds. The molecule has 1 fully saturated rings. The van der Waals surface area contributed by atoms with Crippen molar-refractivity contribution in [3.8, 4) is 5.75 Å². The van der Waals surface area contributed by atoms with Crippen molar-refractivity contribution >= 4 is 6.29 Å². The molecule has 1 unspecified atom stereocenters. The summed E-state index contributed by atoms with van der Waals surface area (Å²) < 4.78 is 11.3. The SMILES string of the molecule is O=CCc1ccccc1OC1CCCCO1. The Kier molecular flexibility index (Phi) is 3.94. The predicted octanol–water partition coefficient (Wildman–Crippen LogP) is 2.33. The zero-order chi connectivity index (χ0) is 11.2. The van der Waals surface area contributed by atoms with Crippen LogP contribution in [0, 0.1) is 0 Å². The summed E-state index contributed by atoms with van der Waals surface area (Å²) >= 11 is 0. The molecule has 0 radical (unpaired) electrons.